The van der Waals surface area contributed by atoms with E-state index in [-0.39, 0.29) is 89.9 Å². The Morgan fingerprint density at radius 1 is 1.00 bits per heavy atom. The monoisotopic (exact) mass is 299 g/mol. The molecule has 0 N–H and O–H groups in total. The minimum atomic E-state index is 0. The fourth-order valence-electron chi connectivity index (χ4n) is 0. The molecule has 0 aliphatic rings. The van der Waals surface area contributed by atoms with Crippen LogP contribution < -0.4 is 0 Å². The Bertz CT molecular complexity index is 9.65. The molecule has 0 atom stereocenters. The summed E-state index contributed by atoms with van der Waals surface area (Å²) in [4.78, 5) is 0. The quantitative estimate of drug-likeness (QED) is 0.471. The Balaban J connectivity index is -0.00000000333. The third kappa shape index (κ3) is 53.1. The zero-order valence-electron chi connectivity index (χ0n) is 5.03. The molecular weight excluding hydrogens is 289 g/mol. The van der Waals surface area contributed by atoms with Gasteiger partial charge in [0, 0.05) is 65.4 Å². The summed E-state index contributed by atoms with van der Waals surface area (Å²) < 4.78 is 0. The molecule has 43 valence electrons. The smallest absolute Gasteiger partial charge is 0.358 e. The molecule has 0 heterocycles. The van der Waals surface area contributed by atoms with Gasteiger partial charge in [-0.25, -0.2) is 0 Å². The molecule has 0 saturated heterocycles. The maximum absolute atomic E-state index is 2.00. The summed E-state index contributed by atoms with van der Waals surface area (Å²) in [5.41, 5.74) is 0. The topological polar surface area (TPSA) is 0 Å². The Kier molecular flexibility index (Phi) is 178. The average molecular weight is 299 g/mol. The maximum atomic E-state index is 2.00. The van der Waals surface area contributed by atoms with Crippen molar-refractivity contribution >= 4 is 0 Å². The second-order valence-electron chi connectivity index (χ2n) is 0.577. The summed E-state index contributed by atoms with van der Waals surface area (Å²) in [6.45, 7) is 4.00. The van der Waals surface area contributed by atoms with Gasteiger partial charge in [0.2, 0.25) is 0 Å². The van der Waals surface area contributed by atoms with E-state index in [1.165, 1.54) is 0 Å². The van der Waals surface area contributed by atoms with Crippen LogP contribution in [-0.4, -0.2) is 0 Å². The van der Waals surface area contributed by atoms with Crippen molar-refractivity contribution in [2.75, 3.05) is 0 Å². The summed E-state index contributed by atoms with van der Waals surface area (Å²) in [5, 5.41) is 0. The minimum absolute atomic E-state index is 0. The number of hydrogen-bond acceptors (Lipinski definition) is 0. The van der Waals surface area contributed by atoms with E-state index in [0.717, 1.165) is 0 Å². The predicted molar refractivity (Wildman–Crippen MR) is 22.1 cm³/mol. The van der Waals surface area contributed by atoms with Crippen molar-refractivity contribution < 1.29 is 82.5 Å². The zero-order chi connectivity index (χ0) is 2.71. The van der Waals surface area contributed by atoms with Crippen LogP contribution in [0, 0.1) is 13.8 Å². The Morgan fingerprint density at radius 3 is 1.00 bits per heavy atom. The van der Waals surface area contributed by atoms with E-state index in [0.29, 0.717) is 0 Å². The van der Waals surface area contributed by atoms with Gasteiger partial charge >= 0.3 is 17.1 Å². The minimum Gasteiger partial charge on any atom is -0.358 e. The van der Waals surface area contributed by atoms with Crippen molar-refractivity contribution in [2.24, 2.45) is 0 Å². The first kappa shape index (κ1) is 33.2. The summed E-state index contributed by atoms with van der Waals surface area (Å²) in [5.74, 6) is 0. The molecule has 0 aromatic heterocycles. The molecule has 0 nitrogen and oxygen atoms in total. The summed E-state index contributed by atoms with van der Waals surface area (Å²) in [7, 11) is 0. The standard InChI is InChI=1S/C3H7.CH3.Cu.2Y/c1-3-2;;;;/h3H,1-2H3;1H3;;;/q2*-1;+2;;. The number of rotatable bonds is 0. The van der Waals surface area contributed by atoms with Crippen LogP contribution in [0.1, 0.15) is 13.8 Å². The van der Waals surface area contributed by atoms with Gasteiger partial charge in [0.25, 0.3) is 0 Å². The first-order valence-corrected chi connectivity index (χ1v) is 1.15. The van der Waals surface area contributed by atoms with Crippen molar-refractivity contribution in [3.05, 3.63) is 13.8 Å². The van der Waals surface area contributed by atoms with Crippen molar-refractivity contribution in [1.82, 2.24) is 0 Å². The molecule has 0 aliphatic heterocycles. The van der Waals surface area contributed by atoms with E-state index in [2.05, 4.69) is 0 Å². The summed E-state index contributed by atoms with van der Waals surface area (Å²) >= 11 is 0. The van der Waals surface area contributed by atoms with Gasteiger partial charge in [-0.05, 0) is 0 Å². The van der Waals surface area contributed by atoms with Gasteiger partial charge < -0.3 is 13.8 Å². The van der Waals surface area contributed by atoms with E-state index < -0.39 is 0 Å². The van der Waals surface area contributed by atoms with Crippen LogP contribution >= 0.6 is 0 Å². The normalized spacial score (nSPS) is 2.57. The van der Waals surface area contributed by atoms with E-state index in [1.54, 1.807) is 0 Å². The van der Waals surface area contributed by atoms with Gasteiger partial charge in [0.1, 0.15) is 0 Å². The molecule has 0 spiro atoms. The molecule has 3 heteroatoms. The summed E-state index contributed by atoms with van der Waals surface area (Å²) in [6.07, 6.45) is 2.00. The second-order valence-corrected chi connectivity index (χ2v) is 0.577. The van der Waals surface area contributed by atoms with Crippen molar-refractivity contribution in [3.8, 4) is 0 Å². The van der Waals surface area contributed by atoms with E-state index in [1.807, 2.05) is 20.3 Å². The molecule has 3 radical (unpaired) electrons. The summed E-state index contributed by atoms with van der Waals surface area (Å²) in [6, 6.07) is 0. The fourth-order valence-corrected chi connectivity index (χ4v) is 0. The van der Waals surface area contributed by atoms with Gasteiger partial charge in [-0.15, -0.1) is 0 Å². The third-order valence-electron chi connectivity index (χ3n) is 0. The first-order chi connectivity index (χ1) is 1.41. The molecule has 0 saturated carbocycles. The Hall–Kier alpha value is 2.73. The molecule has 0 aromatic rings. The van der Waals surface area contributed by atoms with Crippen LogP contribution in [0.4, 0.5) is 0 Å². The van der Waals surface area contributed by atoms with Crippen LogP contribution in [0.15, 0.2) is 0 Å². The molecule has 0 aromatic carbocycles. The first-order valence-electron chi connectivity index (χ1n) is 1.15. The van der Waals surface area contributed by atoms with E-state index in [4.69, 9.17) is 0 Å². The van der Waals surface area contributed by atoms with Crippen LogP contribution in [0.5, 0.6) is 0 Å². The number of hydrogen-bond donors (Lipinski definition) is 0. The Labute approximate surface area is 108 Å². The van der Waals surface area contributed by atoms with Gasteiger partial charge in [-0.2, -0.15) is 13.8 Å². The fraction of sp³-hybridized carbons (Fsp3) is 0.500. The third-order valence-corrected chi connectivity index (χ3v) is 0. The van der Waals surface area contributed by atoms with E-state index >= 15 is 0 Å². The van der Waals surface area contributed by atoms with Gasteiger partial charge in [0.05, 0.1) is 0 Å². The van der Waals surface area contributed by atoms with Crippen molar-refractivity contribution in [3.63, 3.8) is 0 Å². The van der Waals surface area contributed by atoms with Crippen molar-refractivity contribution in [1.29, 1.82) is 0 Å². The molecule has 0 amide bonds. The molecule has 7 heavy (non-hydrogen) atoms. The Morgan fingerprint density at radius 2 is 1.00 bits per heavy atom. The maximum Gasteiger partial charge on any atom is 2.00 e. The van der Waals surface area contributed by atoms with Gasteiger partial charge in [0.15, 0.2) is 0 Å². The van der Waals surface area contributed by atoms with E-state index in [9.17, 15) is 0 Å². The van der Waals surface area contributed by atoms with Crippen molar-refractivity contribution in [2.45, 2.75) is 13.8 Å². The molecule has 0 bridgehead atoms. The predicted octanol–water partition coefficient (Wildman–Crippen LogP) is 1.67. The van der Waals surface area contributed by atoms with Gasteiger partial charge in [-0.3, -0.25) is 0 Å². The average Bonchev–Trinajstić information content (AvgIpc) is 0.918. The molecule has 0 aliphatic carbocycles. The van der Waals surface area contributed by atoms with Crippen LogP contribution in [0.2, 0.25) is 0 Å². The molecule has 0 rings (SSSR count). The molecule has 0 fully saturated rings. The largest absolute Gasteiger partial charge is 2.00 e. The zero-order valence-corrected chi connectivity index (χ0v) is 11.7. The molecule has 0 unspecified atom stereocenters. The second kappa shape index (κ2) is 37.5. The van der Waals surface area contributed by atoms with Crippen LogP contribution in [-0.2, 0) is 82.5 Å². The van der Waals surface area contributed by atoms with Gasteiger partial charge in [-0.1, -0.05) is 0 Å². The van der Waals surface area contributed by atoms with Crippen LogP contribution in [0.25, 0.3) is 0 Å². The van der Waals surface area contributed by atoms with Crippen LogP contribution in [0.3, 0.4) is 0 Å². The molecular formula is C4H10CuY2. The SMILES string of the molecule is C[CH-]C.[CH3-].[Cu+2].[Y].[Y].